The molecule has 0 radical (unpaired) electrons. The van der Waals surface area contributed by atoms with E-state index < -0.39 is 52.6 Å². The highest BCUT2D eigenvalue weighted by atomic mass is 16.7. The molecule has 0 saturated carbocycles. The summed E-state index contributed by atoms with van der Waals surface area (Å²) in [5.74, 6) is -0.729. The Morgan fingerprint density at radius 2 is 1.54 bits per heavy atom. The van der Waals surface area contributed by atoms with E-state index in [1.54, 1.807) is 47.6 Å². The molecule has 0 bridgehead atoms. The molecule has 1 aromatic rings. The van der Waals surface area contributed by atoms with Crippen molar-refractivity contribution in [1.82, 2.24) is 5.32 Å². The third-order valence-electron chi connectivity index (χ3n) is 5.64. The predicted octanol–water partition coefficient (Wildman–Crippen LogP) is 3.67. The van der Waals surface area contributed by atoms with Gasteiger partial charge in [-0.05, 0) is 74.7 Å². The normalized spacial score (nSPS) is 18.1. The molecule has 0 spiro atoms. The van der Waals surface area contributed by atoms with Crippen LogP contribution in [0.25, 0.3) is 0 Å². The fourth-order valence-corrected chi connectivity index (χ4v) is 3.29. The summed E-state index contributed by atoms with van der Waals surface area (Å²) in [5.41, 5.74) is -2.34. The second-order valence-corrected chi connectivity index (χ2v) is 11.7. The van der Waals surface area contributed by atoms with Crippen LogP contribution < -0.4 is 10.8 Å². The first-order valence-electron chi connectivity index (χ1n) is 11.6. The minimum absolute atomic E-state index is 0.173. The first-order chi connectivity index (χ1) is 15.7. The molecule has 10 nitrogen and oxygen atoms in total. The molecule has 1 N–H and O–H groups in total. The predicted molar refractivity (Wildman–Crippen MR) is 132 cm³/mol. The van der Waals surface area contributed by atoms with Crippen molar-refractivity contribution in [3.63, 3.8) is 0 Å². The average molecular weight is 492 g/mol. The molecule has 1 fully saturated rings. The number of esters is 1. The van der Waals surface area contributed by atoms with Gasteiger partial charge in [0.05, 0.1) is 16.1 Å². The highest BCUT2D eigenvalue weighted by molar-refractivity contribution is 6.62. The van der Waals surface area contributed by atoms with E-state index in [9.17, 15) is 19.7 Å². The zero-order valence-electron chi connectivity index (χ0n) is 22.3. The van der Waals surface area contributed by atoms with Gasteiger partial charge in [0.25, 0.3) is 5.69 Å². The van der Waals surface area contributed by atoms with Crippen LogP contribution in [0, 0.1) is 10.1 Å². The third kappa shape index (κ3) is 7.66. The minimum atomic E-state index is -1.20. The van der Waals surface area contributed by atoms with Crippen molar-refractivity contribution < 1.29 is 33.3 Å². The van der Waals surface area contributed by atoms with Gasteiger partial charge in [-0.1, -0.05) is 12.1 Å². The first kappa shape index (κ1) is 28.6. The lowest BCUT2D eigenvalue weighted by Crippen LogP contribution is -2.47. The largest absolute Gasteiger partial charge is 0.495 e. The van der Waals surface area contributed by atoms with Gasteiger partial charge in [-0.25, -0.2) is 9.59 Å². The molecule has 1 aliphatic rings. The van der Waals surface area contributed by atoms with Crippen molar-refractivity contribution in [2.45, 2.75) is 104 Å². The smallest absolute Gasteiger partial charge is 0.458 e. The Bertz CT molecular complexity index is 963. The average Bonchev–Trinajstić information content (AvgIpc) is 2.85. The van der Waals surface area contributed by atoms with Gasteiger partial charge in [-0.3, -0.25) is 10.1 Å². The van der Waals surface area contributed by atoms with Gasteiger partial charge in [0.15, 0.2) is 0 Å². The zero-order chi connectivity index (χ0) is 27.0. The van der Waals surface area contributed by atoms with E-state index in [-0.39, 0.29) is 17.7 Å². The molecule has 0 unspecified atom stereocenters. The molecule has 1 heterocycles. The topological polar surface area (TPSA) is 126 Å². The Hall–Kier alpha value is -2.66. The number of nitrogens with one attached hydrogen (secondary N) is 1. The summed E-state index contributed by atoms with van der Waals surface area (Å²) in [5, 5.41) is 14.4. The number of amides is 1. The molecule has 1 saturated heterocycles. The lowest BCUT2D eigenvalue weighted by molar-refractivity contribution is -0.385. The van der Waals surface area contributed by atoms with Crippen LogP contribution in [-0.2, 0) is 30.0 Å². The summed E-state index contributed by atoms with van der Waals surface area (Å²) in [6, 6.07) is 3.36. The first-order valence-corrected chi connectivity index (χ1v) is 11.6. The number of alkyl carbamates (subject to hydrolysis) is 1. The quantitative estimate of drug-likeness (QED) is 0.276. The monoisotopic (exact) mass is 492 g/mol. The van der Waals surface area contributed by atoms with Crippen LogP contribution in [0.4, 0.5) is 10.5 Å². The summed E-state index contributed by atoms with van der Waals surface area (Å²) < 4.78 is 22.7. The number of nitro benzene ring substituents is 1. The third-order valence-corrected chi connectivity index (χ3v) is 5.64. The lowest BCUT2D eigenvalue weighted by atomic mass is 9.78. The van der Waals surface area contributed by atoms with Crippen LogP contribution >= 0.6 is 0 Å². The second kappa shape index (κ2) is 9.77. The van der Waals surface area contributed by atoms with Gasteiger partial charge in [0.2, 0.25) is 0 Å². The van der Waals surface area contributed by atoms with Crippen LogP contribution in [0.1, 0.15) is 74.8 Å². The number of nitro groups is 1. The Morgan fingerprint density at radius 3 is 2.00 bits per heavy atom. The van der Waals surface area contributed by atoms with Crippen LogP contribution in [0.5, 0.6) is 0 Å². The number of benzene rings is 1. The molecule has 1 aromatic carbocycles. The molecule has 1 atom stereocenters. The van der Waals surface area contributed by atoms with Gasteiger partial charge < -0.3 is 24.1 Å². The molecule has 1 aliphatic heterocycles. The van der Waals surface area contributed by atoms with E-state index in [0.29, 0.717) is 5.46 Å². The van der Waals surface area contributed by atoms with Gasteiger partial charge in [-0.2, -0.15) is 0 Å². The molecule has 11 heteroatoms. The van der Waals surface area contributed by atoms with Crippen molar-refractivity contribution in [2.24, 2.45) is 0 Å². The van der Waals surface area contributed by atoms with E-state index >= 15 is 0 Å². The number of hydrogen-bond acceptors (Lipinski definition) is 8. The standard InChI is InChI=1S/C24H37BN2O8/c1-21(2,3)32-19(28)17(26-20(29)33-22(4,5)6)13-15-11-12-16(14-18(15)27(30)31)25-34-23(7,8)24(9,10)35-25/h11-12,14,17H,13H2,1-10H3,(H,26,29)/t17-/m0/s1. The fraction of sp³-hybridized carbons (Fsp3) is 0.667. The summed E-state index contributed by atoms with van der Waals surface area (Å²) in [7, 11) is -0.783. The summed E-state index contributed by atoms with van der Waals surface area (Å²) >= 11 is 0. The maximum absolute atomic E-state index is 12.9. The highest BCUT2D eigenvalue weighted by Crippen LogP contribution is 2.36. The van der Waals surface area contributed by atoms with E-state index in [4.69, 9.17) is 18.8 Å². The minimum Gasteiger partial charge on any atom is -0.458 e. The lowest BCUT2D eigenvalue weighted by Gasteiger charge is -2.32. The number of carbonyl (C=O) groups excluding carboxylic acids is 2. The number of ether oxygens (including phenoxy) is 2. The van der Waals surface area contributed by atoms with Gasteiger partial charge >= 0.3 is 19.2 Å². The Morgan fingerprint density at radius 1 is 1.03 bits per heavy atom. The molecule has 1 amide bonds. The van der Waals surface area contributed by atoms with Crippen molar-refractivity contribution in [3.05, 3.63) is 33.9 Å². The van der Waals surface area contributed by atoms with Crippen LogP contribution in [-0.4, -0.2) is 52.6 Å². The Kier molecular flexibility index (Phi) is 7.98. The maximum Gasteiger partial charge on any atom is 0.495 e. The van der Waals surface area contributed by atoms with E-state index in [0.717, 1.165) is 0 Å². The van der Waals surface area contributed by atoms with Gasteiger partial charge in [-0.15, -0.1) is 0 Å². The van der Waals surface area contributed by atoms with Crippen molar-refractivity contribution in [2.75, 3.05) is 0 Å². The summed E-state index contributed by atoms with van der Waals surface area (Å²) in [6.07, 6.45) is -1.00. The Labute approximate surface area is 207 Å². The Balaban J connectivity index is 2.36. The van der Waals surface area contributed by atoms with E-state index in [2.05, 4.69) is 5.32 Å². The van der Waals surface area contributed by atoms with E-state index in [1.807, 2.05) is 27.7 Å². The molecule has 0 aromatic heterocycles. The molecule has 0 aliphatic carbocycles. The van der Waals surface area contributed by atoms with Crippen molar-refractivity contribution >= 4 is 30.3 Å². The molecular formula is C24H37BN2O8. The summed E-state index contributed by atoms with van der Waals surface area (Å²) in [4.78, 5) is 36.6. The summed E-state index contributed by atoms with van der Waals surface area (Å²) in [6.45, 7) is 17.7. The number of nitrogens with zero attached hydrogens (tertiary/aromatic N) is 1. The van der Waals surface area contributed by atoms with Crippen LogP contribution in [0.3, 0.4) is 0 Å². The maximum atomic E-state index is 12.9. The van der Waals surface area contributed by atoms with E-state index in [1.165, 1.54) is 12.1 Å². The van der Waals surface area contributed by atoms with Gasteiger partial charge in [0, 0.05) is 18.1 Å². The number of rotatable bonds is 6. The number of hydrogen-bond donors (Lipinski definition) is 1. The zero-order valence-corrected chi connectivity index (χ0v) is 22.3. The van der Waals surface area contributed by atoms with Crippen LogP contribution in [0.15, 0.2) is 18.2 Å². The fourth-order valence-electron chi connectivity index (χ4n) is 3.29. The number of carbonyl (C=O) groups is 2. The van der Waals surface area contributed by atoms with Crippen molar-refractivity contribution in [3.8, 4) is 0 Å². The highest BCUT2D eigenvalue weighted by Gasteiger charge is 2.52. The molecule has 35 heavy (non-hydrogen) atoms. The van der Waals surface area contributed by atoms with Crippen LogP contribution in [0.2, 0.25) is 0 Å². The second-order valence-electron chi connectivity index (χ2n) is 11.7. The molecular weight excluding hydrogens is 455 g/mol. The molecule has 194 valence electrons. The molecule has 2 rings (SSSR count). The van der Waals surface area contributed by atoms with Crippen molar-refractivity contribution in [1.29, 1.82) is 0 Å². The SMILES string of the molecule is CC(C)(C)OC(=O)N[C@@H](Cc1ccc(B2OC(C)(C)C(C)(C)O2)cc1[N+](=O)[O-])C(=O)OC(C)(C)C. The van der Waals surface area contributed by atoms with Gasteiger partial charge in [0.1, 0.15) is 17.2 Å².